The number of benzene rings is 3. The minimum absolute atomic E-state index is 0.118. The predicted octanol–water partition coefficient (Wildman–Crippen LogP) is 4.19. The van der Waals surface area contributed by atoms with Crippen molar-refractivity contribution in [2.24, 2.45) is 5.10 Å². The zero-order chi connectivity index (χ0) is 23.6. The molecule has 0 saturated carbocycles. The molecule has 0 aliphatic carbocycles. The Bertz CT molecular complexity index is 1100. The molecule has 1 fully saturated rings. The van der Waals surface area contributed by atoms with Gasteiger partial charge in [0.15, 0.2) is 0 Å². The standard InChI is InChI=1S/C27H29ClN4O2/c28-26-12-5-4-10-24(26)19-31-13-15-32(16-14-31)20-27(33)30-29-18-23-9-6-11-25(17-23)34-21-22-7-2-1-3-8-22/h1-12,17-18H,13-16,19-21H2,(H,30,33). The molecule has 1 heterocycles. The second-order valence-corrected chi connectivity index (χ2v) is 8.69. The van der Waals surface area contributed by atoms with Crippen molar-refractivity contribution < 1.29 is 9.53 Å². The van der Waals surface area contributed by atoms with Crippen molar-refractivity contribution in [2.45, 2.75) is 13.2 Å². The van der Waals surface area contributed by atoms with Crippen molar-refractivity contribution in [1.29, 1.82) is 0 Å². The van der Waals surface area contributed by atoms with Gasteiger partial charge in [0.25, 0.3) is 5.91 Å². The molecule has 0 bridgehead atoms. The first-order chi connectivity index (χ1) is 16.7. The van der Waals surface area contributed by atoms with E-state index in [2.05, 4.69) is 26.4 Å². The lowest BCUT2D eigenvalue weighted by Gasteiger charge is -2.34. The van der Waals surface area contributed by atoms with Gasteiger partial charge in [-0.15, -0.1) is 0 Å². The van der Waals surface area contributed by atoms with Crippen LogP contribution < -0.4 is 10.2 Å². The second kappa shape index (κ2) is 12.3. The van der Waals surface area contributed by atoms with Gasteiger partial charge in [0, 0.05) is 37.7 Å². The molecule has 3 aromatic rings. The van der Waals surface area contributed by atoms with E-state index in [1.165, 1.54) is 0 Å². The first kappa shape index (κ1) is 24.0. The van der Waals surface area contributed by atoms with Gasteiger partial charge in [0.1, 0.15) is 12.4 Å². The lowest BCUT2D eigenvalue weighted by atomic mass is 10.2. The zero-order valence-electron chi connectivity index (χ0n) is 19.1. The maximum atomic E-state index is 12.3. The van der Waals surface area contributed by atoms with E-state index >= 15 is 0 Å². The van der Waals surface area contributed by atoms with Crippen LogP contribution in [0.3, 0.4) is 0 Å². The van der Waals surface area contributed by atoms with Crippen LogP contribution in [-0.2, 0) is 17.9 Å². The van der Waals surface area contributed by atoms with Gasteiger partial charge in [-0.05, 0) is 34.9 Å². The topological polar surface area (TPSA) is 57.2 Å². The van der Waals surface area contributed by atoms with Gasteiger partial charge in [-0.2, -0.15) is 5.10 Å². The molecule has 1 N–H and O–H groups in total. The fourth-order valence-corrected chi connectivity index (χ4v) is 4.01. The molecule has 6 nitrogen and oxygen atoms in total. The monoisotopic (exact) mass is 476 g/mol. The fourth-order valence-electron chi connectivity index (χ4n) is 3.82. The van der Waals surface area contributed by atoms with Crippen molar-refractivity contribution in [3.8, 4) is 5.75 Å². The van der Waals surface area contributed by atoms with Crippen molar-refractivity contribution in [3.05, 3.63) is 101 Å². The average molecular weight is 477 g/mol. The summed E-state index contributed by atoms with van der Waals surface area (Å²) < 4.78 is 5.85. The summed E-state index contributed by atoms with van der Waals surface area (Å²) in [6.07, 6.45) is 1.63. The van der Waals surface area contributed by atoms with Gasteiger partial charge in [-0.25, -0.2) is 5.43 Å². The van der Waals surface area contributed by atoms with Gasteiger partial charge < -0.3 is 4.74 Å². The van der Waals surface area contributed by atoms with Crippen LogP contribution in [0.1, 0.15) is 16.7 Å². The molecule has 7 heteroatoms. The molecule has 0 atom stereocenters. The van der Waals surface area contributed by atoms with Crippen LogP contribution >= 0.6 is 11.6 Å². The van der Waals surface area contributed by atoms with Crippen LogP contribution in [0.25, 0.3) is 0 Å². The molecule has 3 aromatic carbocycles. The summed E-state index contributed by atoms with van der Waals surface area (Å²) in [5.74, 6) is 0.640. The Morgan fingerprint density at radius 3 is 2.47 bits per heavy atom. The molecule has 0 unspecified atom stereocenters. The Labute approximate surface area is 205 Å². The van der Waals surface area contributed by atoms with Crippen molar-refractivity contribution in [1.82, 2.24) is 15.2 Å². The number of rotatable bonds is 9. The number of halogens is 1. The highest BCUT2D eigenvalue weighted by Crippen LogP contribution is 2.18. The molecule has 1 saturated heterocycles. The summed E-state index contributed by atoms with van der Waals surface area (Å²) in [6.45, 7) is 5.14. The van der Waals surface area contributed by atoms with E-state index in [9.17, 15) is 4.79 Å². The Morgan fingerprint density at radius 2 is 1.68 bits per heavy atom. The molecule has 1 aliphatic heterocycles. The molecule has 0 aromatic heterocycles. The summed E-state index contributed by atoms with van der Waals surface area (Å²) in [4.78, 5) is 16.8. The summed E-state index contributed by atoms with van der Waals surface area (Å²) in [6, 6.07) is 25.6. The van der Waals surface area contributed by atoms with E-state index in [1.54, 1.807) is 6.21 Å². The number of hydrazone groups is 1. The lowest BCUT2D eigenvalue weighted by molar-refractivity contribution is -0.122. The van der Waals surface area contributed by atoms with Crippen LogP contribution in [0.5, 0.6) is 5.75 Å². The first-order valence-corrected chi connectivity index (χ1v) is 11.8. The number of amides is 1. The average Bonchev–Trinajstić information content (AvgIpc) is 2.86. The SMILES string of the molecule is O=C(CN1CCN(Cc2ccccc2Cl)CC1)NN=Cc1cccc(OCc2ccccc2)c1. The highest BCUT2D eigenvalue weighted by molar-refractivity contribution is 6.31. The lowest BCUT2D eigenvalue weighted by Crippen LogP contribution is -2.48. The number of piperazine rings is 1. The van der Waals surface area contributed by atoms with E-state index < -0.39 is 0 Å². The van der Waals surface area contributed by atoms with E-state index in [0.717, 1.165) is 60.2 Å². The number of ether oxygens (including phenoxy) is 1. The van der Waals surface area contributed by atoms with E-state index in [-0.39, 0.29) is 5.91 Å². The maximum Gasteiger partial charge on any atom is 0.254 e. The molecule has 0 radical (unpaired) electrons. The number of nitrogens with zero attached hydrogens (tertiary/aromatic N) is 3. The third kappa shape index (κ3) is 7.42. The van der Waals surface area contributed by atoms with Crippen molar-refractivity contribution in [2.75, 3.05) is 32.7 Å². The Hall–Kier alpha value is -3.19. The quantitative estimate of drug-likeness (QED) is 0.371. The summed E-state index contributed by atoms with van der Waals surface area (Å²) in [5.41, 5.74) is 5.74. The second-order valence-electron chi connectivity index (χ2n) is 8.28. The third-order valence-electron chi connectivity index (χ3n) is 5.69. The number of hydrogen-bond donors (Lipinski definition) is 1. The van der Waals surface area contributed by atoms with Crippen molar-refractivity contribution in [3.63, 3.8) is 0 Å². The van der Waals surface area contributed by atoms with Gasteiger partial charge in [-0.1, -0.05) is 72.3 Å². The summed E-state index contributed by atoms with van der Waals surface area (Å²) in [5, 5.41) is 4.92. The third-order valence-corrected chi connectivity index (χ3v) is 6.06. The van der Waals surface area contributed by atoms with Gasteiger partial charge >= 0.3 is 0 Å². The van der Waals surface area contributed by atoms with Gasteiger partial charge in [0.05, 0.1) is 12.8 Å². The number of hydrogen-bond acceptors (Lipinski definition) is 5. The van der Waals surface area contributed by atoms with Crippen LogP contribution in [-0.4, -0.2) is 54.6 Å². The Balaban J connectivity index is 1.18. The first-order valence-electron chi connectivity index (χ1n) is 11.4. The summed E-state index contributed by atoms with van der Waals surface area (Å²) in [7, 11) is 0. The van der Waals surface area contributed by atoms with Crippen LogP contribution in [0.2, 0.25) is 5.02 Å². The normalized spacial score (nSPS) is 14.9. The minimum Gasteiger partial charge on any atom is -0.489 e. The van der Waals surface area contributed by atoms with Crippen molar-refractivity contribution >= 4 is 23.7 Å². The number of carbonyl (C=O) groups is 1. The van der Waals surface area contributed by atoms with Crippen LogP contribution in [0.4, 0.5) is 0 Å². The molecular formula is C27H29ClN4O2. The van der Waals surface area contributed by atoms with Gasteiger partial charge in [-0.3, -0.25) is 14.6 Å². The zero-order valence-corrected chi connectivity index (χ0v) is 19.8. The van der Waals surface area contributed by atoms with Crippen LogP contribution in [0.15, 0.2) is 84.0 Å². The summed E-state index contributed by atoms with van der Waals surface area (Å²) >= 11 is 6.27. The molecule has 34 heavy (non-hydrogen) atoms. The van der Waals surface area contributed by atoms with Gasteiger partial charge in [0.2, 0.25) is 0 Å². The largest absolute Gasteiger partial charge is 0.489 e. The maximum absolute atomic E-state index is 12.3. The van der Waals surface area contributed by atoms with E-state index in [0.29, 0.717) is 13.2 Å². The Kier molecular flexibility index (Phi) is 8.68. The molecule has 1 amide bonds. The van der Waals surface area contributed by atoms with E-state index in [4.69, 9.17) is 16.3 Å². The molecule has 4 rings (SSSR count). The molecular weight excluding hydrogens is 448 g/mol. The minimum atomic E-state index is -0.118. The molecule has 1 aliphatic rings. The van der Waals surface area contributed by atoms with E-state index in [1.807, 2.05) is 72.8 Å². The Morgan fingerprint density at radius 1 is 0.941 bits per heavy atom. The number of carbonyl (C=O) groups excluding carboxylic acids is 1. The fraction of sp³-hybridized carbons (Fsp3) is 0.259. The molecule has 0 spiro atoms. The predicted molar refractivity (Wildman–Crippen MR) is 136 cm³/mol. The number of nitrogens with one attached hydrogen (secondary N) is 1. The van der Waals surface area contributed by atoms with Crippen LogP contribution in [0, 0.1) is 0 Å². The smallest absolute Gasteiger partial charge is 0.254 e. The molecule has 176 valence electrons. The highest BCUT2D eigenvalue weighted by atomic mass is 35.5. The highest BCUT2D eigenvalue weighted by Gasteiger charge is 2.19.